The first kappa shape index (κ1) is 10.4. The lowest BCUT2D eigenvalue weighted by Crippen LogP contribution is -2.00. The average Bonchev–Trinajstić information content (AvgIpc) is 2.60. The van der Waals surface area contributed by atoms with Crippen LogP contribution in [0.15, 0.2) is 31.6 Å². The molecule has 0 aliphatic carbocycles. The molecule has 0 aromatic carbocycles. The number of hydrogen-bond donors (Lipinski definition) is 0. The highest BCUT2D eigenvalue weighted by molar-refractivity contribution is 9.25. The van der Waals surface area contributed by atoms with Gasteiger partial charge in [-0.3, -0.25) is 0 Å². The van der Waals surface area contributed by atoms with Crippen LogP contribution in [0.25, 0.3) is 0 Å². The minimum Gasteiger partial charge on any atom is -0.239 e. The molecule has 0 unspecified atom stereocenters. The highest BCUT2D eigenvalue weighted by atomic mass is 79.9. The standard InChI is InChI=1S/C6BBr3N4/c7-1-2(8)12-5(11-1)6-13-3(9)4(10)14-6. The lowest BCUT2D eigenvalue weighted by atomic mass is 10.0. The van der Waals surface area contributed by atoms with Gasteiger partial charge in [0.25, 0.3) is 0 Å². The molecule has 68 valence electrons. The summed E-state index contributed by atoms with van der Waals surface area (Å²) >= 11 is 9.60. The maximum absolute atomic E-state index is 5.52. The summed E-state index contributed by atoms with van der Waals surface area (Å²) in [5.74, 6) is 0.835. The molecule has 14 heavy (non-hydrogen) atoms. The van der Waals surface area contributed by atoms with Gasteiger partial charge in [-0.15, -0.1) is 0 Å². The van der Waals surface area contributed by atoms with Crippen LogP contribution in [0.3, 0.4) is 0 Å². The van der Waals surface area contributed by atoms with Crippen molar-refractivity contribution in [3.05, 3.63) is 11.6 Å². The Hall–Kier alpha value is -0.0751. The maximum Gasteiger partial charge on any atom is 0.200 e. The van der Waals surface area contributed by atoms with E-state index in [1.807, 2.05) is 0 Å². The molecular formula is C6BBr3N4. The largest absolute Gasteiger partial charge is 0.239 e. The molecule has 0 atom stereocenters. The van der Waals surface area contributed by atoms with E-state index in [0.29, 0.717) is 31.1 Å². The fourth-order valence-electron chi connectivity index (χ4n) is 0.839. The Morgan fingerprint density at radius 1 is 0.714 bits per heavy atom. The van der Waals surface area contributed by atoms with E-state index in [1.54, 1.807) is 0 Å². The molecule has 0 N–H and O–H groups in total. The zero-order valence-electron chi connectivity index (χ0n) is 6.50. The van der Waals surface area contributed by atoms with Gasteiger partial charge in [0.05, 0.1) is 0 Å². The Balaban J connectivity index is 2.49. The zero-order valence-corrected chi connectivity index (χ0v) is 11.3. The third-order valence-corrected chi connectivity index (χ3v) is 3.64. The van der Waals surface area contributed by atoms with E-state index in [4.69, 9.17) is 7.85 Å². The highest BCUT2D eigenvalue weighted by Gasteiger charge is 2.19. The summed E-state index contributed by atoms with van der Waals surface area (Å²) in [6, 6.07) is 0. The Morgan fingerprint density at radius 2 is 1.14 bits per heavy atom. The fraction of sp³-hybridized carbons (Fsp3) is 0. The first-order valence-corrected chi connectivity index (χ1v) is 5.77. The van der Waals surface area contributed by atoms with Crippen LogP contribution in [0.5, 0.6) is 0 Å². The van der Waals surface area contributed by atoms with Crippen molar-refractivity contribution in [3.63, 3.8) is 0 Å². The molecule has 2 aliphatic rings. The smallest absolute Gasteiger partial charge is 0.200 e. The van der Waals surface area contributed by atoms with Crippen molar-refractivity contribution in [2.45, 2.75) is 0 Å². The normalized spacial score (nSPS) is 20.8. The summed E-state index contributed by atoms with van der Waals surface area (Å²) in [5, 5.41) is 0. The van der Waals surface area contributed by atoms with Crippen LogP contribution in [0.4, 0.5) is 0 Å². The maximum atomic E-state index is 5.52. The van der Waals surface area contributed by atoms with Crippen LogP contribution in [0.1, 0.15) is 0 Å². The second kappa shape index (κ2) is 3.82. The van der Waals surface area contributed by atoms with Crippen LogP contribution in [0, 0.1) is 0 Å². The van der Waals surface area contributed by atoms with E-state index in [9.17, 15) is 0 Å². The van der Waals surface area contributed by atoms with Crippen molar-refractivity contribution in [3.8, 4) is 0 Å². The Bertz CT molecular complexity index is 378. The molecule has 4 nitrogen and oxygen atoms in total. The predicted octanol–water partition coefficient (Wildman–Crippen LogP) is 2.09. The fourth-order valence-corrected chi connectivity index (χ4v) is 1.61. The molecule has 0 amide bonds. The van der Waals surface area contributed by atoms with Gasteiger partial charge in [0.2, 0.25) is 0 Å². The average molecular weight is 379 g/mol. The monoisotopic (exact) mass is 376 g/mol. The van der Waals surface area contributed by atoms with Crippen molar-refractivity contribution in [2.24, 2.45) is 20.0 Å². The molecular weight excluding hydrogens is 379 g/mol. The van der Waals surface area contributed by atoms with Crippen LogP contribution in [-0.4, -0.2) is 27.3 Å². The van der Waals surface area contributed by atoms with Crippen LogP contribution < -0.4 is 0 Å². The quantitative estimate of drug-likeness (QED) is 0.580. The topological polar surface area (TPSA) is 49.4 Å². The van der Waals surface area contributed by atoms with Gasteiger partial charge in [-0.2, -0.15) is 0 Å². The molecule has 2 rings (SSSR count). The van der Waals surface area contributed by atoms with Gasteiger partial charge in [0.15, 0.2) is 11.6 Å². The van der Waals surface area contributed by atoms with Crippen molar-refractivity contribution in [2.75, 3.05) is 0 Å². The van der Waals surface area contributed by atoms with Crippen LogP contribution in [-0.2, 0) is 0 Å². The number of halogens is 3. The minimum absolute atomic E-state index is 0.331. The lowest BCUT2D eigenvalue weighted by molar-refractivity contribution is 1.13. The third kappa shape index (κ3) is 1.83. The Labute approximate surface area is 106 Å². The summed E-state index contributed by atoms with van der Waals surface area (Å²) in [5.41, 5.74) is 0.331. The molecule has 2 aliphatic heterocycles. The van der Waals surface area contributed by atoms with Gasteiger partial charge in [0.1, 0.15) is 21.7 Å². The van der Waals surface area contributed by atoms with E-state index >= 15 is 0 Å². The summed E-state index contributed by atoms with van der Waals surface area (Å²) < 4.78 is 1.74. The first-order chi connectivity index (χ1) is 6.58. The van der Waals surface area contributed by atoms with Crippen molar-refractivity contribution in [1.29, 1.82) is 0 Å². The Morgan fingerprint density at radius 3 is 1.57 bits per heavy atom. The van der Waals surface area contributed by atoms with Gasteiger partial charge < -0.3 is 0 Å². The van der Waals surface area contributed by atoms with E-state index < -0.39 is 0 Å². The summed E-state index contributed by atoms with van der Waals surface area (Å²) in [6.07, 6.45) is 0. The van der Waals surface area contributed by atoms with Crippen molar-refractivity contribution >= 4 is 75.1 Å². The third-order valence-electron chi connectivity index (χ3n) is 1.42. The highest BCUT2D eigenvalue weighted by Crippen LogP contribution is 2.24. The summed E-state index contributed by atoms with van der Waals surface area (Å²) in [7, 11) is 5.52. The SMILES string of the molecule is [B]C1=NC(=C2N=C(Br)C(Br)=N2)N=C1Br. The molecule has 2 heterocycles. The van der Waals surface area contributed by atoms with Gasteiger partial charge in [0, 0.05) is 5.61 Å². The molecule has 0 spiro atoms. The summed E-state index contributed by atoms with van der Waals surface area (Å²) in [6.45, 7) is 0. The van der Waals surface area contributed by atoms with E-state index in [0.717, 1.165) is 0 Å². The van der Waals surface area contributed by atoms with E-state index in [2.05, 4.69) is 67.8 Å². The Kier molecular flexibility index (Phi) is 2.85. The number of aliphatic imine (C=N–C) groups is 4. The van der Waals surface area contributed by atoms with E-state index in [1.165, 1.54) is 0 Å². The second-order valence-electron chi connectivity index (χ2n) is 2.35. The molecule has 0 saturated carbocycles. The molecule has 0 fully saturated rings. The summed E-state index contributed by atoms with van der Waals surface area (Å²) in [4.78, 5) is 16.2. The van der Waals surface area contributed by atoms with E-state index in [-0.39, 0.29) is 0 Å². The minimum atomic E-state index is 0.331. The number of rotatable bonds is 0. The first-order valence-electron chi connectivity index (χ1n) is 3.39. The molecule has 0 bridgehead atoms. The lowest BCUT2D eigenvalue weighted by Gasteiger charge is -1.88. The number of hydrogen-bond acceptors (Lipinski definition) is 4. The molecule has 0 saturated heterocycles. The predicted molar refractivity (Wildman–Crippen MR) is 69.3 cm³/mol. The van der Waals surface area contributed by atoms with Crippen LogP contribution >= 0.6 is 47.8 Å². The number of nitrogens with zero attached hydrogens (tertiary/aromatic N) is 4. The van der Waals surface area contributed by atoms with Crippen LogP contribution in [0.2, 0.25) is 0 Å². The molecule has 0 aromatic heterocycles. The second-order valence-corrected chi connectivity index (χ2v) is 4.61. The van der Waals surface area contributed by atoms with Gasteiger partial charge >= 0.3 is 0 Å². The molecule has 2 radical (unpaired) electrons. The molecule has 8 heteroatoms. The molecule has 0 aromatic rings. The van der Waals surface area contributed by atoms with Gasteiger partial charge in [-0.25, -0.2) is 20.0 Å². The van der Waals surface area contributed by atoms with Crippen molar-refractivity contribution in [1.82, 2.24) is 0 Å². The van der Waals surface area contributed by atoms with Gasteiger partial charge in [-0.1, -0.05) is 0 Å². The van der Waals surface area contributed by atoms with Gasteiger partial charge in [-0.05, 0) is 47.8 Å². The zero-order chi connectivity index (χ0) is 10.3. The van der Waals surface area contributed by atoms with Crippen molar-refractivity contribution < 1.29 is 0 Å².